The highest BCUT2D eigenvalue weighted by molar-refractivity contribution is 14.1. The molecule has 0 spiro atoms. The van der Waals surface area contributed by atoms with Gasteiger partial charge >= 0.3 is 0 Å². The number of hydrazone groups is 1. The monoisotopic (exact) mass is 463 g/mol. The summed E-state index contributed by atoms with van der Waals surface area (Å²) in [4.78, 5) is 0. The molecular formula is C20H19ClIN3. The summed E-state index contributed by atoms with van der Waals surface area (Å²) in [5.74, 6) is 0. The zero-order valence-corrected chi connectivity index (χ0v) is 17.3. The maximum absolute atomic E-state index is 6.14. The summed E-state index contributed by atoms with van der Waals surface area (Å²) in [5, 5.41) is 5.09. The van der Waals surface area contributed by atoms with Crippen molar-refractivity contribution in [1.82, 2.24) is 4.57 Å². The van der Waals surface area contributed by atoms with Crippen molar-refractivity contribution < 1.29 is 0 Å². The molecule has 0 fully saturated rings. The molecule has 3 rings (SSSR count). The molecule has 0 saturated carbocycles. The Morgan fingerprint density at radius 3 is 2.44 bits per heavy atom. The van der Waals surface area contributed by atoms with E-state index in [-0.39, 0.29) is 0 Å². The quantitative estimate of drug-likeness (QED) is 0.282. The van der Waals surface area contributed by atoms with Crippen LogP contribution in [0.1, 0.15) is 22.5 Å². The number of anilines is 1. The lowest BCUT2D eigenvalue weighted by molar-refractivity contribution is 0.964. The standard InChI is InChI=1S/C20H19ClIN3/c1-13-4-7-18(11-20(13)21)24-23-12-16-10-14(2)25(15(16)3)19-8-5-17(22)6-9-19/h4-12,24H,1-3H3. The molecule has 1 heterocycles. The molecule has 5 heteroatoms. The smallest absolute Gasteiger partial charge is 0.0576 e. The molecule has 0 bridgehead atoms. The summed E-state index contributed by atoms with van der Waals surface area (Å²) in [6.07, 6.45) is 1.85. The Balaban J connectivity index is 1.82. The Hall–Kier alpha value is -1.79. The number of aryl methyl sites for hydroxylation is 2. The number of hydrogen-bond donors (Lipinski definition) is 1. The van der Waals surface area contributed by atoms with Gasteiger partial charge in [0.1, 0.15) is 0 Å². The van der Waals surface area contributed by atoms with E-state index >= 15 is 0 Å². The molecule has 25 heavy (non-hydrogen) atoms. The third kappa shape index (κ3) is 4.07. The van der Waals surface area contributed by atoms with Gasteiger partial charge in [-0.25, -0.2) is 0 Å². The highest BCUT2D eigenvalue weighted by Gasteiger charge is 2.09. The first-order valence-electron chi connectivity index (χ1n) is 7.96. The molecule has 2 aromatic carbocycles. The average molecular weight is 464 g/mol. The summed E-state index contributed by atoms with van der Waals surface area (Å²) in [7, 11) is 0. The van der Waals surface area contributed by atoms with Gasteiger partial charge < -0.3 is 4.57 Å². The number of nitrogens with zero attached hydrogens (tertiary/aromatic N) is 2. The normalized spacial score (nSPS) is 11.2. The third-order valence-electron chi connectivity index (χ3n) is 4.12. The largest absolute Gasteiger partial charge is 0.318 e. The molecule has 3 aromatic rings. The van der Waals surface area contributed by atoms with Gasteiger partial charge in [0.25, 0.3) is 0 Å². The second-order valence-corrected chi connectivity index (χ2v) is 7.63. The Bertz CT molecular complexity index is 927. The summed E-state index contributed by atoms with van der Waals surface area (Å²) in [6.45, 7) is 6.19. The Labute approximate surface area is 166 Å². The minimum atomic E-state index is 0.733. The predicted molar refractivity (Wildman–Crippen MR) is 115 cm³/mol. The molecule has 1 aromatic heterocycles. The van der Waals surface area contributed by atoms with Crippen LogP contribution in [0.3, 0.4) is 0 Å². The summed E-state index contributed by atoms with van der Waals surface area (Å²) in [5.41, 5.74) is 9.55. The van der Waals surface area contributed by atoms with E-state index in [4.69, 9.17) is 11.6 Å². The van der Waals surface area contributed by atoms with Crippen molar-refractivity contribution in [2.24, 2.45) is 5.10 Å². The van der Waals surface area contributed by atoms with Crippen molar-refractivity contribution in [3.8, 4) is 5.69 Å². The lowest BCUT2D eigenvalue weighted by Gasteiger charge is -2.09. The van der Waals surface area contributed by atoms with E-state index in [0.29, 0.717) is 0 Å². The van der Waals surface area contributed by atoms with Crippen LogP contribution in [0.2, 0.25) is 5.02 Å². The van der Waals surface area contributed by atoms with Gasteiger partial charge in [0.05, 0.1) is 11.9 Å². The van der Waals surface area contributed by atoms with Gasteiger partial charge in [-0.2, -0.15) is 5.10 Å². The van der Waals surface area contributed by atoms with E-state index < -0.39 is 0 Å². The molecule has 0 aliphatic carbocycles. The van der Waals surface area contributed by atoms with Gasteiger partial charge in [-0.3, -0.25) is 5.43 Å². The van der Waals surface area contributed by atoms with Crippen molar-refractivity contribution in [2.45, 2.75) is 20.8 Å². The number of hydrogen-bond acceptors (Lipinski definition) is 2. The zero-order valence-electron chi connectivity index (χ0n) is 14.3. The molecule has 128 valence electrons. The van der Waals surface area contributed by atoms with Crippen molar-refractivity contribution in [2.75, 3.05) is 5.43 Å². The first-order chi connectivity index (χ1) is 12.0. The third-order valence-corrected chi connectivity index (χ3v) is 5.25. The number of nitrogens with one attached hydrogen (secondary N) is 1. The van der Waals surface area contributed by atoms with Crippen molar-refractivity contribution in [1.29, 1.82) is 0 Å². The maximum atomic E-state index is 6.14. The van der Waals surface area contributed by atoms with Gasteiger partial charge in [-0.15, -0.1) is 0 Å². The molecule has 0 saturated heterocycles. The van der Waals surface area contributed by atoms with Crippen LogP contribution in [0.25, 0.3) is 5.69 Å². The van der Waals surface area contributed by atoms with Crippen LogP contribution in [0.15, 0.2) is 53.6 Å². The van der Waals surface area contributed by atoms with Gasteiger partial charge in [0.2, 0.25) is 0 Å². The van der Waals surface area contributed by atoms with Crippen LogP contribution in [0.5, 0.6) is 0 Å². The molecule has 1 N–H and O–H groups in total. The SMILES string of the molecule is Cc1ccc(NN=Cc2cc(C)n(-c3ccc(I)cc3)c2C)cc1Cl. The fourth-order valence-corrected chi connectivity index (χ4v) is 3.28. The Morgan fingerprint density at radius 1 is 1.04 bits per heavy atom. The maximum Gasteiger partial charge on any atom is 0.0576 e. The van der Waals surface area contributed by atoms with E-state index in [1.54, 1.807) is 0 Å². The van der Waals surface area contributed by atoms with E-state index in [1.165, 1.54) is 9.26 Å². The van der Waals surface area contributed by atoms with Crippen molar-refractivity contribution >= 4 is 46.1 Å². The predicted octanol–water partition coefficient (Wildman–Crippen LogP) is 6.11. The molecule has 3 nitrogen and oxygen atoms in total. The van der Waals surface area contributed by atoms with Gasteiger partial charge in [-0.1, -0.05) is 17.7 Å². The lowest BCUT2D eigenvalue weighted by atomic mass is 10.2. The van der Waals surface area contributed by atoms with Crippen molar-refractivity contribution in [3.63, 3.8) is 0 Å². The fraction of sp³-hybridized carbons (Fsp3) is 0.150. The van der Waals surface area contributed by atoms with Crippen LogP contribution >= 0.6 is 34.2 Å². The molecule has 0 unspecified atom stereocenters. The molecule has 0 aliphatic rings. The van der Waals surface area contributed by atoms with Gasteiger partial charge in [-0.05, 0) is 91.4 Å². The molecule has 0 aliphatic heterocycles. The zero-order chi connectivity index (χ0) is 18.0. The molecule has 0 radical (unpaired) electrons. The average Bonchev–Trinajstić information content (AvgIpc) is 2.86. The Kier molecular flexibility index (Phi) is 5.49. The number of halogens is 2. The van der Waals surface area contributed by atoms with Crippen LogP contribution in [-0.4, -0.2) is 10.8 Å². The lowest BCUT2D eigenvalue weighted by Crippen LogP contribution is -1.99. The van der Waals surface area contributed by atoms with Gasteiger partial charge in [0.15, 0.2) is 0 Å². The second-order valence-electron chi connectivity index (χ2n) is 5.97. The fourth-order valence-electron chi connectivity index (χ4n) is 2.74. The topological polar surface area (TPSA) is 29.3 Å². The first kappa shape index (κ1) is 18.0. The highest BCUT2D eigenvalue weighted by atomic mass is 127. The molecule has 0 atom stereocenters. The minimum Gasteiger partial charge on any atom is -0.318 e. The van der Waals surface area contributed by atoms with E-state index in [1.807, 2.05) is 31.3 Å². The Morgan fingerprint density at radius 2 is 1.76 bits per heavy atom. The first-order valence-corrected chi connectivity index (χ1v) is 9.41. The van der Waals surface area contributed by atoms with Crippen LogP contribution in [0.4, 0.5) is 5.69 Å². The molecule has 0 amide bonds. The number of benzene rings is 2. The van der Waals surface area contributed by atoms with E-state index in [2.05, 4.69) is 81.9 Å². The van der Waals surface area contributed by atoms with Crippen LogP contribution < -0.4 is 5.43 Å². The van der Waals surface area contributed by atoms with Crippen molar-refractivity contribution in [3.05, 3.63) is 79.6 Å². The number of rotatable bonds is 4. The van der Waals surface area contributed by atoms with Crippen LogP contribution in [-0.2, 0) is 0 Å². The number of aromatic nitrogens is 1. The summed E-state index contributed by atoms with van der Waals surface area (Å²) >= 11 is 8.46. The minimum absolute atomic E-state index is 0.733. The summed E-state index contributed by atoms with van der Waals surface area (Å²) < 4.78 is 3.46. The van der Waals surface area contributed by atoms with E-state index in [9.17, 15) is 0 Å². The summed E-state index contributed by atoms with van der Waals surface area (Å²) in [6, 6.07) is 16.5. The second kappa shape index (κ2) is 7.62. The highest BCUT2D eigenvalue weighted by Crippen LogP contribution is 2.22. The molecular weight excluding hydrogens is 445 g/mol. The van der Waals surface area contributed by atoms with Crippen LogP contribution in [0, 0.1) is 24.3 Å². The van der Waals surface area contributed by atoms with Gasteiger partial charge in [0, 0.05) is 31.2 Å². The van der Waals surface area contributed by atoms with E-state index in [0.717, 1.165) is 33.2 Å².